The van der Waals surface area contributed by atoms with Crippen molar-refractivity contribution in [1.82, 2.24) is 19.9 Å². The minimum Gasteiger partial charge on any atom is -0.753 e. The molecular weight excluding hydrogens is 1020 g/mol. The molecule has 2 N–H and O–H groups in total. The van der Waals surface area contributed by atoms with Crippen LogP contribution in [0.1, 0.15) is 77.5 Å². The van der Waals surface area contributed by atoms with Gasteiger partial charge in [-0.2, -0.15) is 18.3 Å². The number of nitrogens with one attached hydrogen (secondary N) is 2. The summed E-state index contributed by atoms with van der Waals surface area (Å²) in [6.45, 7) is 10.6. The molecule has 19 heteroatoms. The summed E-state index contributed by atoms with van der Waals surface area (Å²) in [6.07, 6.45) is 7.34. The van der Waals surface area contributed by atoms with Gasteiger partial charge in [0.15, 0.2) is 0 Å². The maximum absolute atomic E-state index is 12.7. The van der Waals surface area contributed by atoms with Gasteiger partial charge in [0.2, 0.25) is 0 Å². The van der Waals surface area contributed by atoms with Crippen LogP contribution in [0.3, 0.4) is 0 Å². The van der Waals surface area contributed by atoms with Crippen LogP contribution in [-0.4, -0.2) is 62.9 Å². The van der Waals surface area contributed by atoms with E-state index in [1.165, 1.54) is 97.8 Å². The first-order valence-corrected chi connectivity index (χ1v) is 22.3. The van der Waals surface area contributed by atoms with E-state index in [1.54, 1.807) is 12.1 Å². The fourth-order valence-electron chi connectivity index (χ4n) is 6.74. The second kappa shape index (κ2) is 29.0. The molecule has 71 heavy (non-hydrogen) atoms. The van der Waals surface area contributed by atoms with Crippen LogP contribution in [0.4, 0.5) is 24.5 Å². The molecule has 6 rings (SSSR count). The van der Waals surface area contributed by atoms with Crippen LogP contribution in [0.25, 0.3) is 50.7 Å². The SMILES string of the molecule is CCCCCCCCN(c1ccc(-c2ccnc(/C([NH-])=C/C(=N)C(F)(F)F)c2)cc1)c1ccc(C(C)(C)C)cc1.O=COc1ccnc(-c2cc(OC=O)cc(-c3cc(OC=O)ccn3)n2)c1.[N-]=C=S.[Ru+2]. The van der Waals surface area contributed by atoms with Gasteiger partial charge in [-0.25, -0.2) is 4.98 Å². The molecule has 0 amide bonds. The number of rotatable bonds is 20. The minimum absolute atomic E-state index is 0. The smallest absolute Gasteiger partial charge is 0.753 e. The molecule has 0 saturated heterocycles. The Labute approximate surface area is 428 Å². The zero-order valence-corrected chi connectivity index (χ0v) is 41.8. The van der Waals surface area contributed by atoms with Crippen molar-refractivity contribution in [3.8, 4) is 51.2 Å². The zero-order valence-electron chi connectivity index (χ0n) is 39.3. The fourth-order valence-corrected chi connectivity index (χ4v) is 6.74. The number of pyridine rings is 4. The van der Waals surface area contributed by atoms with Crippen molar-refractivity contribution >= 4 is 59.6 Å². The molecule has 6 aromatic rings. The number of aromatic nitrogens is 4. The number of anilines is 2. The van der Waals surface area contributed by atoms with E-state index in [9.17, 15) is 27.6 Å². The molecule has 0 unspecified atom stereocenters. The number of alkyl halides is 3. The third-order valence-corrected chi connectivity index (χ3v) is 10.3. The van der Waals surface area contributed by atoms with Crippen LogP contribution < -0.4 is 19.1 Å². The number of benzene rings is 2. The van der Waals surface area contributed by atoms with Crippen molar-refractivity contribution in [2.24, 2.45) is 0 Å². The molecule has 0 aliphatic rings. The summed E-state index contributed by atoms with van der Waals surface area (Å²) in [5.41, 5.74) is 12.7. The molecule has 4 heterocycles. The molecule has 0 radical (unpaired) electrons. The molecule has 4 aromatic heterocycles. The Hall–Kier alpha value is -7.33. The number of hydrogen-bond acceptors (Lipinski definition) is 13. The quantitative estimate of drug-likeness (QED) is 0.0249. The summed E-state index contributed by atoms with van der Waals surface area (Å²) < 4.78 is 52.8. The molecule has 0 bridgehead atoms. The summed E-state index contributed by atoms with van der Waals surface area (Å²) in [4.78, 5) is 51.0. The van der Waals surface area contributed by atoms with Gasteiger partial charge in [0.25, 0.3) is 19.4 Å². The Morgan fingerprint density at radius 2 is 1.15 bits per heavy atom. The van der Waals surface area contributed by atoms with Gasteiger partial charge in [-0.3, -0.25) is 34.7 Å². The first-order chi connectivity index (χ1) is 33.5. The van der Waals surface area contributed by atoms with Crippen molar-refractivity contribution in [3.05, 3.63) is 144 Å². The van der Waals surface area contributed by atoms with Crippen molar-refractivity contribution in [2.75, 3.05) is 11.4 Å². The van der Waals surface area contributed by atoms with Crippen molar-refractivity contribution in [2.45, 2.75) is 77.8 Å². The fraction of sp³-hybridized carbons (Fsp3) is 0.250. The molecule has 0 aliphatic carbocycles. The zero-order chi connectivity index (χ0) is 51.1. The summed E-state index contributed by atoms with van der Waals surface area (Å²) in [7, 11) is 0. The average Bonchev–Trinajstić information content (AvgIpc) is 3.34. The number of isothiocyanates is 1. The van der Waals surface area contributed by atoms with Gasteiger partial charge in [-0.05, 0) is 83.1 Å². The maximum Gasteiger partial charge on any atom is 2.00 e. The number of unbranched alkanes of at least 4 members (excludes halogenated alkanes) is 5. The normalized spacial score (nSPS) is 10.9. The van der Waals surface area contributed by atoms with Gasteiger partial charge in [-0.1, -0.05) is 96.3 Å². The van der Waals surface area contributed by atoms with Crippen LogP contribution in [0.2, 0.25) is 0 Å². The van der Waals surface area contributed by atoms with E-state index >= 15 is 0 Å². The second-order valence-electron chi connectivity index (χ2n) is 16.2. The first kappa shape index (κ1) is 58.0. The number of allylic oxidation sites excluding steroid dienone is 1. The first-order valence-electron chi connectivity index (χ1n) is 21.9. The van der Waals surface area contributed by atoms with Gasteiger partial charge >= 0.3 is 25.7 Å². The van der Waals surface area contributed by atoms with E-state index in [0.29, 0.717) is 41.8 Å². The number of halogens is 3. The number of nitrogens with zero attached hydrogens (tertiary/aromatic N) is 6. The van der Waals surface area contributed by atoms with Crippen molar-refractivity contribution in [3.63, 3.8) is 0 Å². The predicted octanol–water partition coefficient (Wildman–Crippen LogP) is 13.0. The summed E-state index contributed by atoms with van der Waals surface area (Å²) in [5.74, 6) is 0.760. The summed E-state index contributed by atoms with van der Waals surface area (Å²) >= 11 is 3.70. The van der Waals surface area contributed by atoms with Crippen LogP contribution in [0.5, 0.6) is 17.2 Å². The number of carbonyl (C=O) groups excluding carboxylic acids is 3. The average molecular weight is 1070 g/mol. The Balaban J connectivity index is 0.000000373. The van der Waals surface area contributed by atoms with Crippen LogP contribution in [-0.2, 0) is 39.3 Å². The van der Waals surface area contributed by atoms with Gasteiger partial charge in [0, 0.05) is 66.5 Å². The Morgan fingerprint density at radius 1 is 0.690 bits per heavy atom. The third-order valence-electron chi connectivity index (χ3n) is 10.3. The van der Waals surface area contributed by atoms with Crippen molar-refractivity contribution in [1.29, 1.82) is 5.41 Å². The van der Waals surface area contributed by atoms with E-state index in [-0.39, 0.29) is 54.3 Å². The third kappa shape index (κ3) is 18.5. The molecule has 0 saturated carbocycles. The number of thiocarbonyl (C=S) groups is 1. The molecule has 14 nitrogen and oxygen atoms in total. The standard InChI is InChI=1S/C33H40F3N4.C18H11N3O6.CNS.Ru/c1-5-6-7-8-9-10-21-40(28-17-13-26(14-18-28)32(2,3)4)27-15-11-24(12-16-27)25-19-20-39-30(22-25)29(37)23-31(38)33(34,35)36;22-9-25-12-1-3-19-15(5-12)17-7-14(27-11-24)8-18(21-17)16-6-13(26-10-23)2-4-20-16;2-1-3;/h11-20,22-23,37-38H,5-10,21H2,1-4H3;1-11H;;/q-1;;-1;+2/b29-23-,38-31?;;;. The second-order valence-corrected chi connectivity index (χ2v) is 16.4. The van der Waals surface area contributed by atoms with Crippen molar-refractivity contribution < 1.29 is 61.2 Å². The molecule has 0 spiro atoms. The van der Waals surface area contributed by atoms with E-state index in [4.69, 9.17) is 30.8 Å². The molecule has 0 atom stereocenters. The molecule has 0 fully saturated rings. The molecular formula is C52H51F3N8O6RuS. The number of carbonyl (C=O) groups is 3. The molecule has 2 aromatic carbocycles. The van der Waals surface area contributed by atoms with Gasteiger partial charge < -0.3 is 30.3 Å². The van der Waals surface area contributed by atoms with E-state index < -0.39 is 17.6 Å². The minimum atomic E-state index is -4.80. The number of ether oxygens (including phenoxy) is 3. The largest absolute Gasteiger partial charge is 2.00 e. The monoisotopic (exact) mass is 1070 g/mol. The predicted molar refractivity (Wildman–Crippen MR) is 268 cm³/mol. The Bertz CT molecular complexity index is 2680. The number of hydrogen-bond donors (Lipinski definition) is 1. The summed E-state index contributed by atoms with van der Waals surface area (Å²) in [5, 5.41) is 15.6. The topological polar surface area (TPSA) is 204 Å². The molecule has 0 aliphatic heterocycles. The van der Waals surface area contributed by atoms with Gasteiger partial charge in [0.1, 0.15) is 23.0 Å². The van der Waals surface area contributed by atoms with Crippen LogP contribution >= 0.6 is 12.2 Å². The summed E-state index contributed by atoms with van der Waals surface area (Å²) in [6, 6.07) is 29.2. The van der Waals surface area contributed by atoms with E-state index in [1.807, 2.05) is 12.1 Å². The van der Waals surface area contributed by atoms with Gasteiger partial charge in [0.05, 0.1) is 22.8 Å². The Morgan fingerprint density at radius 3 is 1.65 bits per heavy atom. The van der Waals surface area contributed by atoms with E-state index in [0.717, 1.165) is 35.5 Å². The Kier molecular flexibility index (Phi) is 23.7. The van der Waals surface area contributed by atoms with E-state index in [2.05, 4.69) is 101 Å². The molecule has 370 valence electrons. The van der Waals surface area contributed by atoms with Gasteiger partial charge in [-0.15, -0.1) is 5.70 Å². The van der Waals surface area contributed by atoms with Crippen LogP contribution in [0.15, 0.2) is 122 Å². The van der Waals surface area contributed by atoms with Crippen LogP contribution in [0, 0.1) is 5.41 Å². The maximum atomic E-state index is 12.7.